The van der Waals surface area contributed by atoms with Crippen molar-refractivity contribution in [2.24, 2.45) is 0 Å². The molecule has 1 heterocycles. The predicted octanol–water partition coefficient (Wildman–Crippen LogP) is 3.73. The minimum atomic E-state index is 0.520. The van der Waals surface area contributed by atoms with Gasteiger partial charge in [-0.1, -0.05) is 29.8 Å². The predicted molar refractivity (Wildman–Crippen MR) is 72.4 cm³/mol. The van der Waals surface area contributed by atoms with Crippen LogP contribution < -0.4 is 5.32 Å². The zero-order valence-electron chi connectivity index (χ0n) is 9.44. The van der Waals surface area contributed by atoms with Gasteiger partial charge in [0.15, 0.2) is 5.13 Å². The van der Waals surface area contributed by atoms with E-state index in [1.165, 1.54) is 16.9 Å². The number of anilines is 2. The molecule has 0 saturated carbocycles. The van der Waals surface area contributed by atoms with Gasteiger partial charge in [0, 0.05) is 18.2 Å². The van der Waals surface area contributed by atoms with Crippen LogP contribution in [0.2, 0.25) is 5.15 Å². The third kappa shape index (κ3) is 3.43. The largest absolute Gasteiger partial charge is 0.384 e. The third-order valence-electron chi connectivity index (χ3n) is 2.31. The fourth-order valence-corrected chi connectivity index (χ4v) is 2.35. The Bertz CT molecular complexity index is 487. The Hall–Kier alpha value is -1.10. The highest BCUT2D eigenvalue weighted by molar-refractivity contribution is 7.14. The summed E-state index contributed by atoms with van der Waals surface area (Å²) in [5.74, 6) is 0. The molecule has 0 bridgehead atoms. The number of hydrogen-bond donors (Lipinski definition) is 1. The first-order valence-electron chi connectivity index (χ1n) is 5.24. The number of aromatic nitrogens is 1. The van der Waals surface area contributed by atoms with Crippen LogP contribution in [0.5, 0.6) is 0 Å². The summed E-state index contributed by atoms with van der Waals surface area (Å²) < 4.78 is 5.09. The minimum Gasteiger partial charge on any atom is -0.384 e. The van der Waals surface area contributed by atoms with Gasteiger partial charge < -0.3 is 10.1 Å². The van der Waals surface area contributed by atoms with Crippen molar-refractivity contribution in [1.82, 2.24) is 4.98 Å². The first-order chi connectivity index (χ1) is 8.29. The number of nitrogens with one attached hydrogen (secondary N) is 1. The molecular formula is C12H13ClN2OS. The number of methoxy groups -OCH3 is 1. The highest BCUT2D eigenvalue weighted by atomic mass is 35.5. The summed E-state index contributed by atoms with van der Waals surface area (Å²) in [6, 6.07) is 8.12. The van der Waals surface area contributed by atoms with Crippen LogP contribution in [-0.4, -0.2) is 18.7 Å². The Morgan fingerprint density at radius 1 is 1.41 bits per heavy atom. The zero-order chi connectivity index (χ0) is 12.1. The summed E-state index contributed by atoms with van der Waals surface area (Å²) in [5.41, 5.74) is 2.26. The number of benzene rings is 1. The van der Waals surface area contributed by atoms with Crippen LogP contribution in [0.4, 0.5) is 10.8 Å². The first kappa shape index (κ1) is 12.4. The molecule has 0 aliphatic rings. The molecule has 0 fully saturated rings. The number of rotatable bonds is 5. The van der Waals surface area contributed by atoms with Crippen molar-refractivity contribution in [1.29, 1.82) is 0 Å². The standard InChI is InChI=1S/C12H13ClN2OS/c1-16-7-6-9-4-2-3-5-10(9)14-12-15-11(13)8-17-12/h2-5,8H,6-7H2,1H3,(H,14,15). The van der Waals surface area contributed by atoms with Gasteiger partial charge in [-0.05, 0) is 18.1 Å². The van der Waals surface area contributed by atoms with Crippen LogP contribution in [0.1, 0.15) is 5.56 Å². The smallest absolute Gasteiger partial charge is 0.188 e. The lowest BCUT2D eigenvalue weighted by molar-refractivity contribution is 0.202. The molecule has 0 spiro atoms. The SMILES string of the molecule is COCCc1ccccc1Nc1nc(Cl)cs1. The van der Waals surface area contributed by atoms with Gasteiger partial charge in [0.1, 0.15) is 5.15 Å². The molecule has 0 saturated heterocycles. The lowest BCUT2D eigenvalue weighted by Gasteiger charge is -2.09. The molecule has 90 valence electrons. The monoisotopic (exact) mass is 268 g/mol. The van der Waals surface area contributed by atoms with Gasteiger partial charge in [-0.15, -0.1) is 11.3 Å². The number of para-hydroxylation sites is 1. The zero-order valence-corrected chi connectivity index (χ0v) is 11.0. The van der Waals surface area contributed by atoms with Crippen molar-refractivity contribution in [2.75, 3.05) is 19.0 Å². The maximum absolute atomic E-state index is 5.79. The molecule has 2 rings (SSSR count). The fraction of sp³-hybridized carbons (Fsp3) is 0.250. The number of thiazole rings is 1. The van der Waals surface area contributed by atoms with Crippen LogP contribution in [0.3, 0.4) is 0 Å². The van der Waals surface area contributed by atoms with Crippen LogP contribution in [0.15, 0.2) is 29.6 Å². The number of ether oxygens (including phenoxy) is 1. The molecule has 1 N–H and O–H groups in total. The lowest BCUT2D eigenvalue weighted by Crippen LogP contribution is -1.99. The number of nitrogens with zero attached hydrogens (tertiary/aromatic N) is 1. The van der Waals surface area contributed by atoms with Crippen molar-refractivity contribution in [2.45, 2.75) is 6.42 Å². The molecule has 1 aromatic carbocycles. The Morgan fingerprint density at radius 3 is 2.94 bits per heavy atom. The lowest BCUT2D eigenvalue weighted by atomic mass is 10.1. The second kappa shape index (κ2) is 6.00. The quantitative estimate of drug-likeness (QED) is 0.897. The molecule has 0 unspecified atom stereocenters. The van der Waals surface area contributed by atoms with Gasteiger partial charge in [-0.3, -0.25) is 0 Å². The van der Waals surface area contributed by atoms with E-state index in [1.54, 1.807) is 7.11 Å². The second-order valence-corrected chi connectivity index (χ2v) is 4.75. The molecule has 3 nitrogen and oxygen atoms in total. The highest BCUT2D eigenvalue weighted by Crippen LogP contribution is 2.25. The van der Waals surface area contributed by atoms with Crippen molar-refractivity contribution < 1.29 is 4.74 Å². The summed E-state index contributed by atoms with van der Waals surface area (Å²) in [4.78, 5) is 4.17. The van der Waals surface area contributed by atoms with Crippen molar-refractivity contribution in [3.05, 3.63) is 40.4 Å². The average molecular weight is 269 g/mol. The van der Waals surface area contributed by atoms with Gasteiger partial charge in [-0.2, -0.15) is 0 Å². The summed E-state index contributed by atoms with van der Waals surface area (Å²) in [7, 11) is 1.71. The topological polar surface area (TPSA) is 34.1 Å². The van der Waals surface area contributed by atoms with Crippen LogP contribution in [0.25, 0.3) is 0 Å². The second-order valence-electron chi connectivity index (χ2n) is 3.50. The highest BCUT2D eigenvalue weighted by Gasteiger charge is 2.04. The van der Waals surface area contributed by atoms with Gasteiger partial charge in [0.25, 0.3) is 0 Å². The minimum absolute atomic E-state index is 0.520. The van der Waals surface area contributed by atoms with Gasteiger partial charge in [0.2, 0.25) is 0 Å². The molecule has 2 aromatic rings. The molecule has 0 amide bonds. The van der Waals surface area contributed by atoms with E-state index in [0.29, 0.717) is 11.8 Å². The Balaban J connectivity index is 2.14. The van der Waals surface area contributed by atoms with Gasteiger partial charge >= 0.3 is 0 Å². The van der Waals surface area contributed by atoms with E-state index >= 15 is 0 Å². The van der Waals surface area contributed by atoms with E-state index in [-0.39, 0.29) is 0 Å². The summed E-state index contributed by atoms with van der Waals surface area (Å²) in [6.45, 7) is 0.706. The van der Waals surface area contributed by atoms with Crippen LogP contribution in [0, 0.1) is 0 Å². The van der Waals surface area contributed by atoms with Crippen molar-refractivity contribution >= 4 is 33.8 Å². The van der Waals surface area contributed by atoms with E-state index in [2.05, 4.69) is 16.4 Å². The molecule has 5 heteroatoms. The maximum atomic E-state index is 5.79. The Labute approximate surface area is 109 Å². The third-order valence-corrected chi connectivity index (χ3v) is 3.39. The van der Waals surface area contributed by atoms with E-state index < -0.39 is 0 Å². The average Bonchev–Trinajstić information content (AvgIpc) is 2.74. The first-order valence-corrected chi connectivity index (χ1v) is 6.50. The van der Waals surface area contributed by atoms with Gasteiger partial charge in [-0.25, -0.2) is 4.98 Å². The normalized spacial score (nSPS) is 10.5. The molecule has 0 atom stereocenters. The van der Waals surface area contributed by atoms with Crippen LogP contribution >= 0.6 is 22.9 Å². The Kier molecular flexibility index (Phi) is 4.36. The van der Waals surface area contributed by atoms with Gasteiger partial charge in [0.05, 0.1) is 6.61 Å². The van der Waals surface area contributed by atoms with E-state index in [0.717, 1.165) is 17.2 Å². The maximum Gasteiger partial charge on any atom is 0.188 e. The molecule has 17 heavy (non-hydrogen) atoms. The molecule has 0 aliphatic heterocycles. The molecule has 1 aromatic heterocycles. The Morgan fingerprint density at radius 2 is 2.24 bits per heavy atom. The fourth-order valence-electron chi connectivity index (χ4n) is 1.50. The van der Waals surface area contributed by atoms with E-state index in [1.807, 2.05) is 23.6 Å². The van der Waals surface area contributed by atoms with Crippen molar-refractivity contribution in [3.8, 4) is 0 Å². The number of halogens is 1. The van der Waals surface area contributed by atoms with Crippen molar-refractivity contribution in [3.63, 3.8) is 0 Å². The molecule has 0 radical (unpaired) electrons. The van der Waals surface area contributed by atoms with E-state index in [4.69, 9.17) is 16.3 Å². The van der Waals surface area contributed by atoms with E-state index in [9.17, 15) is 0 Å². The van der Waals surface area contributed by atoms with Crippen LogP contribution in [-0.2, 0) is 11.2 Å². The summed E-state index contributed by atoms with van der Waals surface area (Å²) in [5, 5.41) is 6.40. The summed E-state index contributed by atoms with van der Waals surface area (Å²) in [6.07, 6.45) is 0.874. The molecule has 0 aliphatic carbocycles. The summed E-state index contributed by atoms with van der Waals surface area (Å²) >= 11 is 7.28. The number of hydrogen-bond acceptors (Lipinski definition) is 4. The molecular weight excluding hydrogens is 256 g/mol.